The molecule has 1 heterocycles. The Morgan fingerprint density at radius 3 is 2.71 bits per heavy atom. The van der Waals surface area contributed by atoms with Gasteiger partial charge in [-0.3, -0.25) is 4.98 Å². The van der Waals surface area contributed by atoms with Crippen molar-refractivity contribution in [2.45, 2.75) is 12.5 Å². The number of rotatable bonds is 3. The van der Waals surface area contributed by atoms with Crippen LogP contribution in [-0.2, 0) is 6.42 Å². The summed E-state index contributed by atoms with van der Waals surface area (Å²) >= 11 is 0. The zero-order valence-electron chi connectivity index (χ0n) is 8.98. The van der Waals surface area contributed by atoms with E-state index in [1.54, 1.807) is 24.5 Å². The molecule has 17 heavy (non-hydrogen) atoms. The average molecular weight is 235 g/mol. The third-order valence-electron chi connectivity index (χ3n) is 2.47. The highest BCUT2D eigenvalue weighted by Gasteiger charge is 2.14. The Labute approximate surface area is 97.6 Å². The predicted octanol–water partition coefficient (Wildman–Crippen LogP) is 2.64. The minimum Gasteiger partial charge on any atom is -0.388 e. The maximum absolute atomic E-state index is 13.4. The van der Waals surface area contributed by atoms with Crippen LogP contribution in [0.4, 0.5) is 8.78 Å². The topological polar surface area (TPSA) is 33.1 Å². The Hall–Kier alpha value is -1.81. The molecule has 1 aromatic carbocycles. The molecule has 4 heteroatoms. The van der Waals surface area contributed by atoms with Gasteiger partial charge in [-0.15, -0.1) is 0 Å². The van der Waals surface area contributed by atoms with Crippen molar-refractivity contribution in [3.63, 3.8) is 0 Å². The van der Waals surface area contributed by atoms with Crippen LogP contribution in [0.2, 0.25) is 0 Å². The number of aromatic nitrogens is 1. The van der Waals surface area contributed by atoms with Gasteiger partial charge in [0.15, 0.2) is 0 Å². The molecule has 1 N–H and O–H groups in total. The predicted molar refractivity (Wildman–Crippen MR) is 59.3 cm³/mol. The largest absolute Gasteiger partial charge is 0.388 e. The molecule has 0 aliphatic rings. The first kappa shape index (κ1) is 11.7. The summed E-state index contributed by atoms with van der Waals surface area (Å²) in [6.07, 6.45) is 2.47. The summed E-state index contributed by atoms with van der Waals surface area (Å²) in [6.45, 7) is 0. The van der Waals surface area contributed by atoms with E-state index >= 15 is 0 Å². The van der Waals surface area contributed by atoms with Gasteiger partial charge >= 0.3 is 0 Å². The van der Waals surface area contributed by atoms with Crippen molar-refractivity contribution in [1.82, 2.24) is 4.98 Å². The number of benzene rings is 1. The number of aliphatic hydroxyl groups excluding tert-OH is 1. The smallest absolute Gasteiger partial charge is 0.131 e. The van der Waals surface area contributed by atoms with Gasteiger partial charge in [0, 0.05) is 30.4 Å². The van der Waals surface area contributed by atoms with E-state index in [1.165, 1.54) is 6.07 Å². The summed E-state index contributed by atoms with van der Waals surface area (Å²) < 4.78 is 26.1. The summed E-state index contributed by atoms with van der Waals surface area (Å²) in [6, 6.07) is 6.68. The maximum Gasteiger partial charge on any atom is 0.131 e. The molecule has 0 aliphatic carbocycles. The molecule has 88 valence electrons. The van der Waals surface area contributed by atoms with Crippen LogP contribution in [0.5, 0.6) is 0 Å². The van der Waals surface area contributed by atoms with E-state index in [0.29, 0.717) is 0 Å². The average Bonchev–Trinajstić information content (AvgIpc) is 2.30. The molecule has 2 nitrogen and oxygen atoms in total. The molecule has 1 atom stereocenters. The Morgan fingerprint density at radius 2 is 2.06 bits per heavy atom. The molecular formula is C13H11F2NO. The lowest BCUT2D eigenvalue weighted by Gasteiger charge is -2.11. The van der Waals surface area contributed by atoms with Crippen LogP contribution >= 0.6 is 0 Å². The number of hydrogen-bond acceptors (Lipinski definition) is 2. The molecule has 2 rings (SSSR count). The van der Waals surface area contributed by atoms with Gasteiger partial charge in [-0.25, -0.2) is 8.78 Å². The highest BCUT2D eigenvalue weighted by molar-refractivity contribution is 5.23. The van der Waals surface area contributed by atoms with Gasteiger partial charge in [-0.2, -0.15) is 0 Å². The second-order valence-electron chi connectivity index (χ2n) is 3.75. The van der Waals surface area contributed by atoms with Crippen LogP contribution in [0.15, 0.2) is 42.7 Å². The van der Waals surface area contributed by atoms with E-state index in [2.05, 4.69) is 4.98 Å². The van der Waals surface area contributed by atoms with Crippen LogP contribution in [-0.4, -0.2) is 10.1 Å². The van der Waals surface area contributed by atoms with Crippen molar-refractivity contribution in [2.75, 3.05) is 0 Å². The van der Waals surface area contributed by atoms with Gasteiger partial charge in [-0.1, -0.05) is 12.1 Å². The van der Waals surface area contributed by atoms with Crippen LogP contribution in [0.3, 0.4) is 0 Å². The highest BCUT2D eigenvalue weighted by atomic mass is 19.1. The van der Waals surface area contributed by atoms with Gasteiger partial charge in [0.1, 0.15) is 11.6 Å². The molecular weight excluding hydrogens is 224 g/mol. The first-order chi connectivity index (χ1) is 8.16. The molecule has 0 bridgehead atoms. The van der Waals surface area contributed by atoms with Crippen molar-refractivity contribution >= 4 is 0 Å². The minimum absolute atomic E-state index is 0.0928. The molecule has 0 radical (unpaired) electrons. The van der Waals surface area contributed by atoms with Crippen molar-refractivity contribution in [1.29, 1.82) is 0 Å². The van der Waals surface area contributed by atoms with Gasteiger partial charge in [0.05, 0.1) is 6.10 Å². The second-order valence-corrected chi connectivity index (χ2v) is 3.75. The van der Waals surface area contributed by atoms with Crippen molar-refractivity contribution in [2.24, 2.45) is 0 Å². The summed E-state index contributed by atoms with van der Waals surface area (Å²) in [5, 5.41) is 9.86. The third kappa shape index (κ3) is 2.85. The van der Waals surface area contributed by atoms with Crippen molar-refractivity contribution in [3.8, 4) is 0 Å². The Bertz CT molecular complexity index is 502. The van der Waals surface area contributed by atoms with Crippen molar-refractivity contribution in [3.05, 3.63) is 65.5 Å². The van der Waals surface area contributed by atoms with Crippen LogP contribution in [0, 0.1) is 11.6 Å². The van der Waals surface area contributed by atoms with E-state index in [0.717, 1.165) is 17.7 Å². The third-order valence-corrected chi connectivity index (χ3v) is 2.47. The van der Waals surface area contributed by atoms with E-state index in [4.69, 9.17) is 0 Å². The number of nitrogens with zero attached hydrogens (tertiary/aromatic N) is 1. The molecule has 0 amide bonds. The first-order valence-electron chi connectivity index (χ1n) is 5.19. The zero-order chi connectivity index (χ0) is 12.3. The number of hydrogen-bond donors (Lipinski definition) is 1. The quantitative estimate of drug-likeness (QED) is 0.887. The fourth-order valence-electron chi connectivity index (χ4n) is 1.62. The number of pyridine rings is 1. The molecule has 0 fully saturated rings. The molecule has 2 aromatic rings. The summed E-state index contributed by atoms with van der Waals surface area (Å²) in [7, 11) is 0. The normalized spacial score (nSPS) is 12.4. The zero-order valence-corrected chi connectivity index (χ0v) is 8.98. The Kier molecular flexibility index (Phi) is 3.44. The van der Waals surface area contributed by atoms with Crippen LogP contribution in [0.25, 0.3) is 0 Å². The molecule has 0 spiro atoms. The SMILES string of the molecule is OC(Cc1cccnc1)c1ccc(F)cc1F. The molecule has 1 unspecified atom stereocenters. The van der Waals surface area contributed by atoms with E-state index in [9.17, 15) is 13.9 Å². The van der Waals surface area contributed by atoms with Gasteiger partial charge in [0.2, 0.25) is 0 Å². The molecule has 0 saturated carbocycles. The molecule has 0 saturated heterocycles. The lowest BCUT2D eigenvalue weighted by Crippen LogP contribution is -2.05. The molecule has 1 aromatic heterocycles. The molecule has 0 aliphatic heterocycles. The monoisotopic (exact) mass is 235 g/mol. The standard InChI is InChI=1S/C13H11F2NO/c14-10-3-4-11(12(15)7-10)13(17)6-9-2-1-5-16-8-9/h1-5,7-8,13,17H,6H2. The summed E-state index contributed by atoms with van der Waals surface area (Å²) in [4.78, 5) is 3.90. The fourth-order valence-corrected chi connectivity index (χ4v) is 1.62. The van der Waals surface area contributed by atoms with Crippen molar-refractivity contribution < 1.29 is 13.9 Å². The lowest BCUT2D eigenvalue weighted by molar-refractivity contribution is 0.173. The van der Waals surface area contributed by atoms with Gasteiger partial charge in [-0.05, 0) is 17.7 Å². The Balaban J connectivity index is 2.17. The van der Waals surface area contributed by atoms with E-state index < -0.39 is 17.7 Å². The van der Waals surface area contributed by atoms with E-state index in [1.807, 2.05) is 0 Å². The highest BCUT2D eigenvalue weighted by Crippen LogP contribution is 2.21. The first-order valence-corrected chi connectivity index (χ1v) is 5.19. The lowest BCUT2D eigenvalue weighted by atomic mass is 10.0. The minimum atomic E-state index is -1.00. The Morgan fingerprint density at radius 1 is 1.24 bits per heavy atom. The second kappa shape index (κ2) is 5.01. The van der Waals surface area contributed by atoms with E-state index in [-0.39, 0.29) is 12.0 Å². The summed E-state index contributed by atoms with van der Waals surface area (Å²) in [5.41, 5.74) is 0.888. The van der Waals surface area contributed by atoms with Gasteiger partial charge < -0.3 is 5.11 Å². The maximum atomic E-state index is 13.4. The van der Waals surface area contributed by atoms with Gasteiger partial charge in [0.25, 0.3) is 0 Å². The van der Waals surface area contributed by atoms with Crippen LogP contribution < -0.4 is 0 Å². The van der Waals surface area contributed by atoms with Crippen LogP contribution in [0.1, 0.15) is 17.2 Å². The fraction of sp³-hybridized carbons (Fsp3) is 0.154. The summed E-state index contributed by atoms with van der Waals surface area (Å²) in [5.74, 6) is -1.39. The number of halogens is 2. The number of aliphatic hydroxyl groups is 1.